The zero-order chi connectivity index (χ0) is 11.8. The van der Waals surface area contributed by atoms with Crippen LogP contribution in [-0.2, 0) is 19.4 Å². The van der Waals surface area contributed by atoms with Gasteiger partial charge in [0.15, 0.2) is 0 Å². The average Bonchev–Trinajstić information content (AvgIpc) is 2.88. The second-order valence-corrected chi connectivity index (χ2v) is 5.56. The van der Waals surface area contributed by atoms with Crippen LogP contribution in [0.3, 0.4) is 0 Å². The molecule has 2 aliphatic rings. The van der Waals surface area contributed by atoms with Crippen molar-refractivity contribution < 1.29 is 0 Å². The van der Waals surface area contributed by atoms with Gasteiger partial charge < -0.3 is 15.2 Å². The second kappa shape index (κ2) is 4.42. The molecule has 1 fully saturated rings. The lowest BCUT2D eigenvalue weighted by Crippen LogP contribution is -2.34. The first-order chi connectivity index (χ1) is 8.24. The number of hydrogen-bond acceptors (Lipinski definition) is 3. The summed E-state index contributed by atoms with van der Waals surface area (Å²) in [6.07, 6.45) is 7.97. The van der Waals surface area contributed by atoms with Crippen molar-refractivity contribution in [2.24, 2.45) is 5.73 Å². The number of likely N-dealkylation sites (tertiary alicyclic amines) is 1. The Hall–Kier alpha value is -0.870. The Kier molecular flexibility index (Phi) is 2.92. The van der Waals surface area contributed by atoms with Gasteiger partial charge in [0.25, 0.3) is 0 Å². The van der Waals surface area contributed by atoms with Crippen molar-refractivity contribution in [3.8, 4) is 0 Å². The van der Waals surface area contributed by atoms with Crippen LogP contribution < -0.4 is 5.73 Å². The average molecular weight is 234 g/mol. The highest BCUT2D eigenvalue weighted by Gasteiger charge is 2.25. The minimum Gasteiger partial charge on any atom is -0.330 e. The van der Waals surface area contributed by atoms with Gasteiger partial charge >= 0.3 is 0 Å². The molecule has 1 aromatic heterocycles. The summed E-state index contributed by atoms with van der Waals surface area (Å²) in [5.41, 5.74) is 7.43. The Balaban J connectivity index is 1.77. The summed E-state index contributed by atoms with van der Waals surface area (Å²) < 4.78 is 2.36. The van der Waals surface area contributed by atoms with Crippen molar-refractivity contribution in [2.45, 2.75) is 50.7 Å². The van der Waals surface area contributed by atoms with Crippen LogP contribution in [0.4, 0.5) is 0 Å². The number of aryl methyl sites for hydroxylation is 1. The molecule has 0 saturated carbocycles. The summed E-state index contributed by atoms with van der Waals surface area (Å²) in [6, 6.07) is 0.997. The number of rotatable bonds is 2. The smallest absolute Gasteiger partial charge is 0.110 e. The fourth-order valence-electron chi connectivity index (χ4n) is 3.15. The van der Waals surface area contributed by atoms with E-state index in [4.69, 9.17) is 5.73 Å². The maximum atomic E-state index is 6.05. The molecule has 2 N–H and O–H groups in total. The van der Waals surface area contributed by atoms with Crippen LogP contribution >= 0.6 is 0 Å². The van der Waals surface area contributed by atoms with Gasteiger partial charge in [-0.2, -0.15) is 0 Å². The maximum Gasteiger partial charge on any atom is 0.110 e. The van der Waals surface area contributed by atoms with Crippen LogP contribution in [0, 0.1) is 0 Å². The molecule has 2 aliphatic heterocycles. The molecule has 0 aliphatic carbocycles. The molecule has 0 amide bonds. The van der Waals surface area contributed by atoms with E-state index in [1.807, 2.05) is 0 Å². The van der Waals surface area contributed by atoms with Gasteiger partial charge in [0, 0.05) is 36.9 Å². The number of nitrogens with two attached hydrogens (primary N) is 1. The molecule has 0 aromatic carbocycles. The standard InChI is InChI=1S/C13H22N4/c1-16-6-2-3-11(16)7-13-15-8-12-5-4-10(14)9-17(12)13/h8,10-11H,2-7,9,14H2,1H3. The van der Waals surface area contributed by atoms with Gasteiger partial charge in [-0.15, -0.1) is 0 Å². The lowest BCUT2D eigenvalue weighted by Gasteiger charge is -2.24. The van der Waals surface area contributed by atoms with Crippen LogP contribution in [0.5, 0.6) is 0 Å². The highest BCUT2D eigenvalue weighted by Crippen LogP contribution is 2.22. The third-order valence-corrected chi connectivity index (χ3v) is 4.30. The highest BCUT2D eigenvalue weighted by molar-refractivity contribution is 5.10. The topological polar surface area (TPSA) is 47.1 Å². The third-order valence-electron chi connectivity index (χ3n) is 4.30. The molecule has 0 radical (unpaired) electrons. The molecule has 3 heterocycles. The van der Waals surface area contributed by atoms with Gasteiger partial charge in [0.05, 0.1) is 0 Å². The second-order valence-electron chi connectivity index (χ2n) is 5.56. The zero-order valence-electron chi connectivity index (χ0n) is 10.6. The summed E-state index contributed by atoms with van der Waals surface area (Å²) in [4.78, 5) is 7.07. The van der Waals surface area contributed by atoms with E-state index in [1.165, 1.54) is 30.9 Å². The van der Waals surface area contributed by atoms with E-state index in [9.17, 15) is 0 Å². The Labute approximate surface area is 103 Å². The first-order valence-electron chi connectivity index (χ1n) is 6.73. The molecule has 4 nitrogen and oxygen atoms in total. The summed E-state index contributed by atoms with van der Waals surface area (Å²) >= 11 is 0. The summed E-state index contributed by atoms with van der Waals surface area (Å²) in [6.45, 7) is 2.19. The number of imidazole rings is 1. The normalized spacial score (nSPS) is 29.5. The molecule has 2 unspecified atom stereocenters. The fourth-order valence-corrected chi connectivity index (χ4v) is 3.15. The molecule has 17 heavy (non-hydrogen) atoms. The van der Waals surface area contributed by atoms with Crippen LogP contribution in [0.1, 0.15) is 30.8 Å². The third kappa shape index (κ3) is 2.11. The van der Waals surface area contributed by atoms with Gasteiger partial charge in [-0.25, -0.2) is 4.98 Å². The summed E-state index contributed by atoms with van der Waals surface area (Å²) in [7, 11) is 2.23. The number of aromatic nitrogens is 2. The molecule has 3 rings (SSSR count). The van der Waals surface area contributed by atoms with Crippen molar-refractivity contribution in [1.82, 2.24) is 14.5 Å². The van der Waals surface area contributed by atoms with E-state index in [0.717, 1.165) is 25.8 Å². The number of hydrogen-bond donors (Lipinski definition) is 1. The maximum absolute atomic E-state index is 6.05. The molecule has 94 valence electrons. The van der Waals surface area contributed by atoms with Gasteiger partial charge in [-0.05, 0) is 39.3 Å². The van der Waals surface area contributed by atoms with E-state index in [-0.39, 0.29) is 0 Å². The molecule has 4 heteroatoms. The first kappa shape index (κ1) is 11.2. The largest absolute Gasteiger partial charge is 0.330 e. The van der Waals surface area contributed by atoms with Gasteiger partial charge in [0.1, 0.15) is 5.82 Å². The van der Waals surface area contributed by atoms with Crippen molar-refractivity contribution in [1.29, 1.82) is 0 Å². The number of nitrogens with zero attached hydrogens (tertiary/aromatic N) is 3. The van der Waals surface area contributed by atoms with Crippen molar-refractivity contribution >= 4 is 0 Å². The van der Waals surface area contributed by atoms with E-state index >= 15 is 0 Å². The zero-order valence-corrected chi connectivity index (χ0v) is 10.6. The van der Waals surface area contributed by atoms with Crippen LogP contribution in [0.15, 0.2) is 6.20 Å². The quantitative estimate of drug-likeness (QED) is 0.823. The molecule has 1 aromatic rings. The van der Waals surface area contributed by atoms with Crippen molar-refractivity contribution in [3.63, 3.8) is 0 Å². The molecule has 2 atom stereocenters. The van der Waals surface area contributed by atoms with Gasteiger partial charge in [-0.1, -0.05) is 0 Å². The van der Waals surface area contributed by atoms with Crippen LogP contribution in [0.25, 0.3) is 0 Å². The number of fused-ring (bicyclic) bond motifs is 1. The predicted molar refractivity (Wildman–Crippen MR) is 67.9 cm³/mol. The van der Waals surface area contributed by atoms with E-state index in [0.29, 0.717) is 12.1 Å². The van der Waals surface area contributed by atoms with Gasteiger partial charge in [-0.3, -0.25) is 0 Å². The van der Waals surface area contributed by atoms with Crippen molar-refractivity contribution in [3.05, 3.63) is 17.7 Å². The SMILES string of the molecule is CN1CCCC1Cc1ncc2n1CC(N)CC2. The highest BCUT2D eigenvalue weighted by atomic mass is 15.2. The minimum absolute atomic E-state index is 0.316. The Morgan fingerprint density at radius 1 is 1.47 bits per heavy atom. The Bertz CT molecular complexity index is 398. The van der Waals surface area contributed by atoms with Gasteiger partial charge in [0.2, 0.25) is 0 Å². The monoisotopic (exact) mass is 234 g/mol. The Morgan fingerprint density at radius 2 is 2.35 bits per heavy atom. The van der Waals surface area contributed by atoms with E-state index < -0.39 is 0 Å². The molecular formula is C13H22N4. The summed E-state index contributed by atoms with van der Waals surface area (Å²) in [5, 5.41) is 0. The van der Waals surface area contributed by atoms with Crippen LogP contribution in [0.2, 0.25) is 0 Å². The first-order valence-corrected chi connectivity index (χ1v) is 6.73. The molecule has 1 saturated heterocycles. The number of likely N-dealkylation sites (N-methyl/N-ethyl adjacent to an activating group) is 1. The van der Waals surface area contributed by atoms with Crippen LogP contribution in [-0.4, -0.2) is 40.1 Å². The van der Waals surface area contributed by atoms with Crippen molar-refractivity contribution in [2.75, 3.05) is 13.6 Å². The minimum atomic E-state index is 0.316. The fraction of sp³-hybridized carbons (Fsp3) is 0.769. The Morgan fingerprint density at radius 3 is 3.12 bits per heavy atom. The molecule has 0 bridgehead atoms. The lowest BCUT2D eigenvalue weighted by atomic mass is 10.1. The van der Waals surface area contributed by atoms with E-state index in [1.54, 1.807) is 0 Å². The molecular weight excluding hydrogens is 212 g/mol. The molecule has 0 spiro atoms. The predicted octanol–water partition coefficient (Wildman–Crippen LogP) is 0.793. The van der Waals surface area contributed by atoms with E-state index in [2.05, 4.69) is 27.7 Å². The lowest BCUT2D eigenvalue weighted by molar-refractivity contribution is 0.301. The summed E-state index contributed by atoms with van der Waals surface area (Å²) in [5.74, 6) is 1.24.